The number of nitro groups is 2. The van der Waals surface area contributed by atoms with Gasteiger partial charge in [0.2, 0.25) is 11.7 Å². The van der Waals surface area contributed by atoms with Crippen LogP contribution in [0.15, 0.2) is 70.9 Å². The van der Waals surface area contributed by atoms with Crippen molar-refractivity contribution in [3.63, 3.8) is 0 Å². The number of carbonyl (C=O) groups is 1. The molecule has 0 fully saturated rings. The first-order valence-corrected chi connectivity index (χ1v) is 10.8. The van der Waals surface area contributed by atoms with Crippen molar-refractivity contribution < 1.29 is 19.0 Å². The summed E-state index contributed by atoms with van der Waals surface area (Å²) in [6.07, 6.45) is 0.249. The first-order chi connectivity index (χ1) is 17.7. The van der Waals surface area contributed by atoms with Gasteiger partial charge in [-0.25, -0.2) is 0 Å². The smallest absolute Gasteiger partial charge is 0.311 e. The molecule has 37 heavy (non-hydrogen) atoms. The number of hydrogen-bond acceptors (Lipinski definition) is 9. The van der Waals surface area contributed by atoms with Crippen molar-refractivity contribution >= 4 is 40.0 Å². The highest BCUT2D eigenvalue weighted by Crippen LogP contribution is 2.37. The maximum atomic E-state index is 14.1. The molecule has 13 heteroatoms. The first kappa shape index (κ1) is 26.4. The molecule has 3 rings (SSSR count). The van der Waals surface area contributed by atoms with Crippen LogP contribution in [0.1, 0.15) is 18.9 Å². The van der Waals surface area contributed by atoms with Crippen LogP contribution < -0.4 is 10.2 Å². The second kappa shape index (κ2) is 11.9. The molecule has 0 saturated carbocycles. The maximum Gasteiger partial charge on any atom is 0.311 e. The molecule has 0 saturated heterocycles. The number of benzene rings is 3. The molecule has 0 unspecified atom stereocenters. The molecule has 188 valence electrons. The van der Waals surface area contributed by atoms with E-state index in [9.17, 15) is 29.4 Å². The predicted octanol–water partition coefficient (Wildman–Crippen LogP) is 5.94. The fourth-order valence-corrected chi connectivity index (χ4v) is 3.40. The molecule has 0 aliphatic heterocycles. The van der Waals surface area contributed by atoms with Crippen molar-refractivity contribution in [2.45, 2.75) is 19.9 Å². The Kier molecular flexibility index (Phi) is 8.50. The number of nitrogens with zero attached hydrogens (tertiary/aromatic N) is 6. The average Bonchev–Trinajstić information content (AvgIpc) is 2.85. The van der Waals surface area contributed by atoms with E-state index in [1.807, 2.05) is 35.2 Å². The van der Waals surface area contributed by atoms with Crippen LogP contribution in [0.25, 0.3) is 0 Å². The molecule has 0 aliphatic carbocycles. The second-order valence-electron chi connectivity index (χ2n) is 7.70. The van der Waals surface area contributed by atoms with Gasteiger partial charge in [0.05, 0.1) is 34.1 Å². The summed E-state index contributed by atoms with van der Waals surface area (Å²) in [4.78, 5) is 34.0. The van der Waals surface area contributed by atoms with Crippen molar-refractivity contribution in [2.75, 3.05) is 16.8 Å². The van der Waals surface area contributed by atoms with Crippen molar-refractivity contribution in [2.24, 2.45) is 10.2 Å². The molecule has 0 aliphatic rings. The number of azo groups is 1. The number of carbonyl (C=O) groups excluding carboxylic acids is 1. The van der Waals surface area contributed by atoms with Gasteiger partial charge in [0.25, 0.3) is 0 Å². The minimum absolute atomic E-state index is 0.104. The van der Waals surface area contributed by atoms with E-state index in [4.69, 9.17) is 5.26 Å². The van der Waals surface area contributed by atoms with E-state index in [1.54, 1.807) is 12.1 Å². The van der Waals surface area contributed by atoms with Gasteiger partial charge in [-0.1, -0.05) is 30.3 Å². The third-order valence-electron chi connectivity index (χ3n) is 5.07. The molecule has 1 N–H and O–H groups in total. The van der Waals surface area contributed by atoms with Gasteiger partial charge in [0.1, 0.15) is 5.69 Å². The monoisotopic (exact) mass is 505 g/mol. The van der Waals surface area contributed by atoms with Crippen LogP contribution in [0, 0.1) is 37.4 Å². The van der Waals surface area contributed by atoms with E-state index in [2.05, 4.69) is 21.6 Å². The van der Waals surface area contributed by atoms with E-state index in [0.717, 1.165) is 5.56 Å². The highest BCUT2D eigenvalue weighted by atomic mass is 19.1. The Labute approximate surface area is 210 Å². The first-order valence-electron chi connectivity index (χ1n) is 10.8. The number of nitrogens with one attached hydrogen (secondary N) is 1. The lowest BCUT2D eigenvalue weighted by molar-refractivity contribution is -0.395. The second-order valence-corrected chi connectivity index (χ2v) is 7.70. The van der Waals surface area contributed by atoms with E-state index in [1.165, 1.54) is 13.0 Å². The maximum absolute atomic E-state index is 14.1. The largest absolute Gasteiger partial charge is 0.366 e. The number of rotatable bonds is 10. The molecule has 0 atom stereocenters. The normalized spacial score (nSPS) is 10.6. The zero-order valence-corrected chi connectivity index (χ0v) is 19.5. The van der Waals surface area contributed by atoms with Crippen molar-refractivity contribution in [3.05, 3.63) is 92.3 Å². The van der Waals surface area contributed by atoms with Crippen LogP contribution in [-0.4, -0.2) is 22.3 Å². The summed E-state index contributed by atoms with van der Waals surface area (Å²) in [6, 6.07) is 17.5. The number of nitriles is 1. The van der Waals surface area contributed by atoms with Gasteiger partial charge in [0.15, 0.2) is 5.69 Å². The van der Waals surface area contributed by atoms with Crippen LogP contribution in [0.3, 0.4) is 0 Å². The SMILES string of the molecule is CC(=O)Nc1cc(N(CCC#N)Cc2ccccc2)ccc1/N=N/c1cc(F)c([N+](=O)[O-])cc1[N+](=O)[O-]. The number of anilines is 2. The Morgan fingerprint density at radius 1 is 1.03 bits per heavy atom. The summed E-state index contributed by atoms with van der Waals surface area (Å²) in [7, 11) is 0. The molecular formula is C24H20FN7O5. The van der Waals surface area contributed by atoms with Crippen molar-refractivity contribution in [3.8, 4) is 6.07 Å². The van der Waals surface area contributed by atoms with Gasteiger partial charge in [-0.3, -0.25) is 25.0 Å². The highest BCUT2D eigenvalue weighted by Gasteiger charge is 2.25. The molecule has 3 aromatic carbocycles. The Morgan fingerprint density at radius 2 is 1.70 bits per heavy atom. The van der Waals surface area contributed by atoms with E-state index in [0.29, 0.717) is 30.9 Å². The quantitative estimate of drug-likeness (QED) is 0.202. The number of amides is 1. The van der Waals surface area contributed by atoms with Crippen LogP contribution in [0.4, 0.5) is 38.5 Å². The Morgan fingerprint density at radius 3 is 2.32 bits per heavy atom. The summed E-state index contributed by atoms with van der Waals surface area (Å²) in [5.74, 6) is -1.73. The fraction of sp³-hybridized carbons (Fsp3) is 0.167. The lowest BCUT2D eigenvalue weighted by Crippen LogP contribution is -2.23. The Balaban J connectivity index is 2.01. The lowest BCUT2D eigenvalue weighted by atomic mass is 10.1. The van der Waals surface area contributed by atoms with Gasteiger partial charge >= 0.3 is 11.4 Å². The third-order valence-corrected chi connectivity index (χ3v) is 5.07. The summed E-state index contributed by atoms with van der Waals surface area (Å²) >= 11 is 0. The lowest BCUT2D eigenvalue weighted by Gasteiger charge is -2.25. The van der Waals surface area contributed by atoms with E-state index < -0.39 is 38.6 Å². The minimum Gasteiger partial charge on any atom is -0.366 e. The molecule has 0 radical (unpaired) electrons. The number of hydrogen-bond donors (Lipinski definition) is 1. The molecule has 1 amide bonds. The Hall–Kier alpha value is -5.25. The van der Waals surface area contributed by atoms with Crippen LogP contribution in [-0.2, 0) is 11.3 Å². The van der Waals surface area contributed by atoms with Crippen LogP contribution >= 0.6 is 0 Å². The van der Waals surface area contributed by atoms with Gasteiger partial charge in [0, 0.05) is 31.8 Å². The zero-order valence-electron chi connectivity index (χ0n) is 19.5. The molecular weight excluding hydrogens is 485 g/mol. The van der Waals surface area contributed by atoms with Crippen molar-refractivity contribution in [1.29, 1.82) is 5.26 Å². The highest BCUT2D eigenvalue weighted by molar-refractivity contribution is 5.93. The summed E-state index contributed by atoms with van der Waals surface area (Å²) in [5.41, 5.74) is -0.428. The number of halogens is 1. The van der Waals surface area contributed by atoms with Crippen LogP contribution in [0.2, 0.25) is 0 Å². The number of nitro benzene ring substituents is 2. The van der Waals surface area contributed by atoms with Gasteiger partial charge in [-0.15, -0.1) is 10.2 Å². The van der Waals surface area contributed by atoms with Gasteiger partial charge in [-0.2, -0.15) is 9.65 Å². The summed E-state index contributed by atoms with van der Waals surface area (Å²) in [6.45, 7) is 2.17. The molecule has 12 nitrogen and oxygen atoms in total. The molecule has 0 bridgehead atoms. The van der Waals surface area contributed by atoms with Crippen LogP contribution in [0.5, 0.6) is 0 Å². The van der Waals surface area contributed by atoms with E-state index in [-0.39, 0.29) is 17.8 Å². The van der Waals surface area contributed by atoms with Gasteiger partial charge in [-0.05, 0) is 23.8 Å². The topological polar surface area (TPSA) is 167 Å². The Bertz CT molecular complexity index is 1410. The van der Waals surface area contributed by atoms with Crippen molar-refractivity contribution in [1.82, 2.24) is 0 Å². The zero-order chi connectivity index (χ0) is 26.9. The molecule has 3 aromatic rings. The summed E-state index contributed by atoms with van der Waals surface area (Å²) in [5, 5.41) is 41.7. The molecule has 0 heterocycles. The van der Waals surface area contributed by atoms with E-state index >= 15 is 0 Å². The minimum atomic E-state index is -1.31. The average molecular weight is 505 g/mol. The third kappa shape index (κ3) is 6.89. The molecule has 0 spiro atoms. The molecule has 0 aromatic heterocycles. The standard InChI is InChI=1S/C24H20FN7O5/c1-16(33)27-21-12-18(30(11-5-10-26)15-17-6-3-2-4-7-17)8-9-20(21)28-29-22-13-19(25)23(31(34)35)14-24(22)32(36)37/h2-4,6-9,12-14H,5,11,15H2,1H3,(H,27,33)/b29-28+. The summed E-state index contributed by atoms with van der Waals surface area (Å²) < 4.78 is 14.1. The van der Waals surface area contributed by atoms with Gasteiger partial charge < -0.3 is 10.2 Å². The predicted molar refractivity (Wildman–Crippen MR) is 132 cm³/mol. The fourth-order valence-electron chi connectivity index (χ4n) is 3.40.